The lowest BCUT2D eigenvalue weighted by Gasteiger charge is -2.38. The number of hydrogen-bond acceptors (Lipinski definition) is 9. The van der Waals surface area contributed by atoms with E-state index in [0.29, 0.717) is 69.5 Å². The molecule has 0 aromatic heterocycles. The Morgan fingerprint density at radius 3 is 2.32 bits per heavy atom. The van der Waals surface area contributed by atoms with Gasteiger partial charge in [0.25, 0.3) is 0 Å². The number of hydrogen-bond donors (Lipinski definition) is 3. The van der Waals surface area contributed by atoms with Gasteiger partial charge < -0.3 is 25.4 Å². The fourth-order valence-electron chi connectivity index (χ4n) is 7.38. The molecular formula is C37H45FN2O8S2. The Bertz CT molecular complexity index is 1940. The number of sulfone groups is 1. The largest absolute Gasteiger partial charge is 0.491 e. The summed E-state index contributed by atoms with van der Waals surface area (Å²) in [5.74, 6) is 0.0539. The average Bonchev–Trinajstić information content (AvgIpc) is 4.05. The summed E-state index contributed by atoms with van der Waals surface area (Å²) in [5.41, 5.74) is 7.37. The monoisotopic (exact) mass is 728 g/mol. The third-order valence-corrected chi connectivity index (χ3v) is 15.6. The fourth-order valence-corrected chi connectivity index (χ4v) is 10.7. The summed E-state index contributed by atoms with van der Waals surface area (Å²) >= 11 is 0. The van der Waals surface area contributed by atoms with E-state index in [1.54, 1.807) is 24.3 Å². The van der Waals surface area contributed by atoms with Crippen LogP contribution in [-0.2, 0) is 30.1 Å². The van der Waals surface area contributed by atoms with Gasteiger partial charge in [-0.2, -0.15) is 4.31 Å². The van der Waals surface area contributed by atoms with Crippen molar-refractivity contribution in [3.63, 3.8) is 0 Å². The van der Waals surface area contributed by atoms with Crippen LogP contribution in [0.15, 0.2) is 76.5 Å². The summed E-state index contributed by atoms with van der Waals surface area (Å²) in [6, 6.07) is 17.5. The number of aliphatic hydroxyl groups is 2. The van der Waals surface area contributed by atoms with Crippen LogP contribution in [0.5, 0.6) is 5.75 Å². The van der Waals surface area contributed by atoms with Crippen LogP contribution in [0.4, 0.5) is 4.39 Å². The summed E-state index contributed by atoms with van der Waals surface area (Å²) in [6.07, 6.45) is 4.96. The van der Waals surface area contributed by atoms with Crippen molar-refractivity contribution in [2.45, 2.75) is 89.6 Å². The van der Waals surface area contributed by atoms with E-state index in [2.05, 4.69) is 0 Å². The van der Waals surface area contributed by atoms with Crippen molar-refractivity contribution in [2.24, 2.45) is 11.7 Å². The molecule has 4 fully saturated rings. The summed E-state index contributed by atoms with van der Waals surface area (Å²) in [5, 5.41) is 20.2. The lowest BCUT2D eigenvalue weighted by atomic mass is 9.84. The molecule has 3 aromatic rings. The first-order valence-electron chi connectivity index (χ1n) is 17.4. The zero-order valence-corrected chi connectivity index (χ0v) is 29.6. The fraction of sp³-hybridized carbons (Fsp3) is 0.514. The maximum atomic E-state index is 14.9. The number of piperidine rings is 1. The molecule has 2 saturated carbocycles. The average molecular weight is 729 g/mol. The molecule has 4 aliphatic rings. The lowest BCUT2D eigenvalue weighted by molar-refractivity contribution is -0.0314. The molecule has 2 atom stereocenters. The zero-order chi connectivity index (χ0) is 35.4. The minimum atomic E-state index is -3.86. The van der Waals surface area contributed by atoms with Gasteiger partial charge in [0.15, 0.2) is 9.84 Å². The van der Waals surface area contributed by atoms with Crippen LogP contribution >= 0.6 is 0 Å². The molecular weight excluding hydrogens is 684 g/mol. The summed E-state index contributed by atoms with van der Waals surface area (Å²) in [4.78, 5) is 0.156. The van der Waals surface area contributed by atoms with Gasteiger partial charge in [0.1, 0.15) is 18.2 Å². The SMILES string of the molecule is NC1(c2ccc(-c3cc(S(=O)(=O)N4CCC5(CC4)C[C@@H](CC[C@H](O)COc4cccc(S(=O)(=O)C6(CO)CC6)c4)CO5)ccc3F)cc2)CC1. The minimum Gasteiger partial charge on any atom is -0.491 e. The smallest absolute Gasteiger partial charge is 0.243 e. The Balaban J connectivity index is 0.897. The van der Waals surface area contributed by atoms with Gasteiger partial charge in [0.2, 0.25) is 10.0 Å². The number of halogens is 1. The van der Waals surface area contributed by atoms with Gasteiger partial charge in [-0.3, -0.25) is 0 Å². The first-order valence-corrected chi connectivity index (χ1v) is 20.3. The molecule has 0 radical (unpaired) electrons. The highest BCUT2D eigenvalue weighted by molar-refractivity contribution is 7.93. The number of rotatable bonds is 13. The molecule has 0 bridgehead atoms. The Kier molecular flexibility index (Phi) is 9.41. The van der Waals surface area contributed by atoms with Crippen LogP contribution in [0, 0.1) is 11.7 Å². The van der Waals surface area contributed by atoms with E-state index in [4.69, 9.17) is 15.2 Å². The molecule has 50 heavy (non-hydrogen) atoms. The molecule has 2 aliphatic carbocycles. The zero-order valence-electron chi connectivity index (χ0n) is 28.0. The normalized spacial score (nSPS) is 23.1. The molecule has 3 aromatic carbocycles. The maximum absolute atomic E-state index is 14.9. The number of ether oxygens (including phenoxy) is 2. The van der Waals surface area contributed by atoms with Crippen molar-refractivity contribution in [1.29, 1.82) is 0 Å². The van der Waals surface area contributed by atoms with Crippen molar-refractivity contribution in [2.75, 3.05) is 32.9 Å². The molecule has 0 unspecified atom stereocenters. The van der Waals surface area contributed by atoms with E-state index in [1.807, 2.05) is 12.1 Å². The molecule has 2 heterocycles. The molecule has 1 spiro atoms. The van der Waals surface area contributed by atoms with Crippen LogP contribution in [0.1, 0.15) is 63.4 Å². The highest BCUT2D eigenvalue weighted by atomic mass is 32.2. The quantitative estimate of drug-likeness (QED) is 0.230. The molecule has 270 valence electrons. The van der Waals surface area contributed by atoms with Crippen molar-refractivity contribution in [1.82, 2.24) is 4.31 Å². The topological polar surface area (TPSA) is 156 Å². The molecule has 13 heteroatoms. The number of benzene rings is 3. The maximum Gasteiger partial charge on any atom is 0.243 e. The molecule has 0 amide bonds. The van der Waals surface area contributed by atoms with E-state index in [9.17, 15) is 31.4 Å². The lowest BCUT2D eigenvalue weighted by Crippen LogP contribution is -2.46. The van der Waals surface area contributed by atoms with Crippen LogP contribution in [0.25, 0.3) is 11.1 Å². The van der Waals surface area contributed by atoms with Crippen molar-refractivity contribution >= 4 is 19.9 Å². The second-order valence-corrected chi connectivity index (χ2v) is 19.0. The van der Waals surface area contributed by atoms with Crippen molar-refractivity contribution in [3.05, 3.63) is 78.1 Å². The van der Waals surface area contributed by atoms with Gasteiger partial charge in [0.05, 0.1) is 39.5 Å². The predicted molar refractivity (Wildman–Crippen MR) is 185 cm³/mol. The Labute approximate surface area is 293 Å². The van der Waals surface area contributed by atoms with E-state index >= 15 is 0 Å². The van der Waals surface area contributed by atoms with E-state index in [-0.39, 0.29) is 33.4 Å². The number of nitrogens with two attached hydrogens (primary N) is 1. The standard InChI is InChI=1S/C37H45FN2O8S2/c38-34-11-10-32(21-33(34)27-5-7-28(8-6-27)37(39)14-15-37)50(45,46)40-18-16-35(17-19-40)22-26(23-48-35)4-9-29(42)24-47-30-2-1-3-31(20-30)49(43,44)36(25-41)12-13-36/h1-3,5-8,10-11,20-21,26,29,41-42H,4,9,12-19,22-25,39H2/t26-,29+/m1/s1. The Hall–Kier alpha value is -2.91. The molecule has 2 saturated heterocycles. The second-order valence-electron chi connectivity index (χ2n) is 14.7. The van der Waals surface area contributed by atoms with Crippen LogP contribution < -0.4 is 10.5 Å². The Morgan fingerprint density at radius 2 is 1.66 bits per heavy atom. The van der Waals surface area contributed by atoms with Crippen molar-refractivity contribution in [3.8, 4) is 16.9 Å². The van der Waals surface area contributed by atoms with Gasteiger partial charge in [-0.15, -0.1) is 0 Å². The first-order chi connectivity index (χ1) is 23.8. The minimum absolute atomic E-state index is 0.00495. The van der Waals surface area contributed by atoms with Crippen LogP contribution in [-0.4, -0.2) is 80.7 Å². The summed E-state index contributed by atoms with van der Waals surface area (Å²) in [6.45, 7) is 0.703. The number of nitrogens with zero attached hydrogens (tertiary/aromatic N) is 1. The first kappa shape index (κ1) is 35.5. The van der Waals surface area contributed by atoms with Gasteiger partial charge in [-0.05, 0) is 111 Å². The second kappa shape index (κ2) is 13.3. The Morgan fingerprint density at radius 1 is 0.940 bits per heavy atom. The van der Waals surface area contributed by atoms with E-state index < -0.39 is 48.7 Å². The molecule has 2 aliphatic heterocycles. The van der Waals surface area contributed by atoms with Crippen LogP contribution in [0.3, 0.4) is 0 Å². The summed E-state index contributed by atoms with van der Waals surface area (Å²) < 4.78 is 80.5. The van der Waals surface area contributed by atoms with Crippen LogP contribution in [0.2, 0.25) is 0 Å². The van der Waals surface area contributed by atoms with Crippen molar-refractivity contribution < 1.29 is 40.9 Å². The predicted octanol–water partition coefficient (Wildman–Crippen LogP) is 4.52. The highest BCUT2D eigenvalue weighted by Gasteiger charge is 2.54. The molecule has 4 N–H and O–H groups in total. The van der Waals surface area contributed by atoms with Gasteiger partial charge in [-0.25, -0.2) is 21.2 Å². The highest BCUT2D eigenvalue weighted by Crippen LogP contribution is 2.47. The summed E-state index contributed by atoms with van der Waals surface area (Å²) in [7, 11) is -7.53. The molecule has 7 rings (SSSR count). The van der Waals surface area contributed by atoms with E-state index in [0.717, 1.165) is 24.8 Å². The van der Waals surface area contributed by atoms with Gasteiger partial charge in [-0.1, -0.05) is 30.3 Å². The number of aliphatic hydroxyl groups excluding tert-OH is 2. The molecule has 10 nitrogen and oxygen atoms in total. The third-order valence-electron chi connectivity index (χ3n) is 11.2. The number of sulfonamides is 1. The van der Waals surface area contributed by atoms with E-state index in [1.165, 1.54) is 34.6 Å². The van der Waals surface area contributed by atoms with Gasteiger partial charge >= 0.3 is 0 Å². The third kappa shape index (κ3) is 6.85. The van der Waals surface area contributed by atoms with Gasteiger partial charge in [0, 0.05) is 24.2 Å².